The first-order chi connectivity index (χ1) is 23.1. The summed E-state index contributed by atoms with van der Waals surface area (Å²) in [4.78, 5) is 71.1. The van der Waals surface area contributed by atoms with Crippen LogP contribution < -0.4 is 10.1 Å². The second-order valence-corrected chi connectivity index (χ2v) is 14.6. The van der Waals surface area contributed by atoms with Crippen LogP contribution in [0.15, 0.2) is 12.1 Å². The molecule has 0 aromatic carbocycles. The van der Waals surface area contributed by atoms with E-state index < -0.39 is 30.2 Å². The van der Waals surface area contributed by atoms with Gasteiger partial charge in [0.25, 0.3) is 11.8 Å². The Morgan fingerprint density at radius 3 is 2.19 bits per heavy atom. The normalized spacial score (nSPS) is 20.8. The van der Waals surface area contributed by atoms with E-state index in [4.69, 9.17) is 40.4 Å². The van der Waals surface area contributed by atoms with Gasteiger partial charge in [-0.15, -0.1) is 11.3 Å². The van der Waals surface area contributed by atoms with Gasteiger partial charge in [0, 0.05) is 19.4 Å². The van der Waals surface area contributed by atoms with E-state index in [2.05, 4.69) is 5.32 Å². The molecule has 0 atom stereocenters. The SMILES string of the molecule is Cc1nc(-c2sc(Cl)cc2CNC(=O)OCC2CCC2)c(C2CC(COC(=O)ON3C(=O)CCC3=O)C2)cc1OC(=O)OCC1CCC1. The van der Waals surface area contributed by atoms with Crippen LogP contribution in [0.25, 0.3) is 10.6 Å². The molecule has 3 amide bonds. The third kappa shape index (κ3) is 8.20. The minimum Gasteiger partial charge on any atom is -0.449 e. The number of nitrogens with zero attached hydrogens (tertiary/aromatic N) is 2. The van der Waals surface area contributed by atoms with Crippen molar-refractivity contribution in [2.75, 3.05) is 19.8 Å². The monoisotopic (exact) mass is 703 g/mol. The minimum absolute atomic E-state index is 0.00891. The molecule has 3 saturated carbocycles. The maximum absolute atomic E-state index is 12.6. The number of aryl methyl sites for hydroxylation is 1. The summed E-state index contributed by atoms with van der Waals surface area (Å²) < 4.78 is 22.1. The van der Waals surface area contributed by atoms with Gasteiger partial charge in [-0.2, -0.15) is 0 Å². The first-order valence-electron chi connectivity index (χ1n) is 16.4. The number of rotatable bonds is 12. The number of alkyl carbamates (subject to hydrolysis) is 1. The third-order valence-corrected chi connectivity index (χ3v) is 10.7. The molecule has 1 N–H and O–H groups in total. The van der Waals surface area contributed by atoms with Crippen LogP contribution in [0.1, 0.15) is 86.9 Å². The Hall–Kier alpha value is -3.91. The van der Waals surface area contributed by atoms with Gasteiger partial charge in [0.2, 0.25) is 0 Å². The number of imide groups is 1. The molecule has 15 heteroatoms. The molecule has 0 bridgehead atoms. The largest absolute Gasteiger partial charge is 0.533 e. The fourth-order valence-corrected chi connectivity index (χ4v) is 7.31. The number of hydrogen-bond donors (Lipinski definition) is 1. The fourth-order valence-electron chi connectivity index (χ4n) is 6.03. The zero-order chi connectivity index (χ0) is 33.8. The fraction of sp³-hybridized carbons (Fsp3) is 0.576. The molecule has 4 fully saturated rings. The van der Waals surface area contributed by atoms with Gasteiger partial charge in [0.15, 0.2) is 5.75 Å². The average molecular weight is 704 g/mol. The highest BCUT2D eigenvalue weighted by molar-refractivity contribution is 7.19. The molecule has 1 saturated heterocycles. The molecule has 48 heavy (non-hydrogen) atoms. The van der Waals surface area contributed by atoms with Gasteiger partial charge in [-0.25, -0.2) is 19.4 Å². The molecule has 258 valence electrons. The number of thiophene rings is 1. The summed E-state index contributed by atoms with van der Waals surface area (Å²) in [5.74, 6) is -0.175. The molecule has 0 unspecified atom stereocenters. The van der Waals surface area contributed by atoms with E-state index in [1.807, 2.05) is 0 Å². The predicted molar refractivity (Wildman–Crippen MR) is 171 cm³/mol. The molecule has 2 aromatic heterocycles. The second-order valence-electron chi connectivity index (χ2n) is 12.9. The number of hydrogen-bond acceptors (Lipinski definition) is 12. The number of aromatic nitrogens is 1. The Kier molecular flexibility index (Phi) is 10.7. The van der Waals surface area contributed by atoms with Crippen molar-refractivity contribution < 1.29 is 47.8 Å². The Balaban J connectivity index is 1.14. The van der Waals surface area contributed by atoms with E-state index >= 15 is 0 Å². The van der Waals surface area contributed by atoms with E-state index in [0.29, 0.717) is 58.7 Å². The first kappa shape index (κ1) is 34.0. The number of carbonyl (C=O) groups excluding carboxylic acids is 5. The van der Waals surface area contributed by atoms with Gasteiger partial charge in [0.05, 0.1) is 40.4 Å². The summed E-state index contributed by atoms with van der Waals surface area (Å²) >= 11 is 7.81. The van der Waals surface area contributed by atoms with Crippen LogP contribution in [0.3, 0.4) is 0 Å². The Bertz CT molecular complexity index is 1550. The topological polar surface area (TPSA) is 160 Å². The van der Waals surface area contributed by atoms with Gasteiger partial charge in [-0.3, -0.25) is 14.4 Å². The molecule has 13 nitrogen and oxygen atoms in total. The first-order valence-corrected chi connectivity index (χ1v) is 17.6. The lowest BCUT2D eigenvalue weighted by Gasteiger charge is -2.36. The van der Waals surface area contributed by atoms with Crippen LogP contribution in [-0.2, 0) is 35.2 Å². The van der Waals surface area contributed by atoms with Gasteiger partial charge in [-0.05, 0) is 92.4 Å². The zero-order valence-corrected chi connectivity index (χ0v) is 28.2. The van der Waals surface area contributed by atoms with Crippen molar-refractivity contribution in [1.29, 1.82) is 0 Å². The lowest BCUT2D eigenvalue weighted by Crippen LogP contribution is -2.34. The molecule has 0 spiro atoms. The number of hydroxylamine groups is 2. The second kappa shape index (κ2) is 15.1. The number of carbonyl (C=O) groups is 5. The van der Waals surface area contributed by atoms with Crippen LogP contribution in [-0.4, -0.2) is 60.1 Å². The molecule has 3 aliphatic carbocycles. The van der Waals surface area contributed by atoms with Crippen molar-refractivity contribution in [2.45, 2.75) is 83.6 Å². The van der Waals surface area contributed by atoms with E-state index in [-0.39, 0.29) is 43.6 Å². The van der Waals surface area contributed by atoms with E-state index in [1.54, 1.807) is 19.1 Å². The maximum atomic E-state index is 12.6. The molecule has 1 aliphatic heterocycles. The Labute approximate surface area is 286 Å². The molecule has 6 rings (SSSR count). The van der Waals surface area contributed by atoms with Crippen LogP contribution in [0.2, 0.25) is 4.34 Å². The third-order valence-electron chi connectivity index (χ3n) is 9.43. The number of ether oxygens (including phenoxy) is 4. The Morgan fingerprint density at radius 1 is 0.917 bits per heavy atom. The maximum Gasteiger partial charge on any atom is 0.533 e. The van der Waals surface area contributed by atoms with Crippen molar-refractivity contribution in [3.63, 3.8) is 0 Å². The summed E-state index contributed by atoms with van der Waals surface area (Å²) in [6.45, 7) is 2.67. The quantitative estimate of drug-likeness (QED) is 0.140. The van der Waals surface area contributed by atoms with Gasteiger partial charge in [0.1, 0.15) is 0 Å². The Morgan fingerprint density at radius 2 is 1.54 bits per heavy atom. The molecule has 2 aromatic rings. The highest BCUT2D eigenvalue weighted by Gasteiger charge is 2.37. The van der Waals surface area contributed by atoms with E-state index in [0.717, 1.165) is 54.5 Å². The van der Waals surface area contributed by atoms with Crippen LogP contribution in [0.5, 0.6) is 5.75 Å². The summed E-state index contributed by atoms with van der Waals surface area (Å²) in [7, 11) is 0. The lowest BCUT2D eigenvalue weighted by atomic mass is 9.71. The summed E-state index contributed by atoms with van der Waals surface area (Å²) in [6, 6.07) is 3.58. The van der Waals surface area contributed by atoms with Crippen molar-refractivity contribution in [2.24, 2.45) is 17.8 Å². The smallest absolute Gasteiger partial charge is 0.449 e. The van der Waals surface area contributed by atoms with Crippen molar-refractivity contribution in [3.8, 4) is 16.3 Å². The lowest BCUT2D eigenvalue weighted by molar-refractivity contribution is -0.177. The van der Waals surface area contributed by atoms with Crippen molar-refractivity contribution >= 4 is 53.2 Å². The number of halogens is 1. The molecule has 3 heterocycles. The zero-order valence-electron chi connectivity index (χ0n) is 26.6. The summed E-state index contributed by atoms with van der Waals surface area (Å²) in [6.07, 6.45) is 5.30. The van der Waals surface area contributed by atoms with Gasteiger partial charge in [-0.1, -0.05) is 29.5 Å². The number of pyridine rings is 1. The van der Waals surface area contributed by atoms with Gasteiger partial charge < -0.3 is 24.3 Å². The predicted octanol–water partition coefficient (Wildman–Crippen LogP) is 6.82. The van der Waals surface area contributed by atoms with Crippen LogP contribution in [0, 0.1) is 24.7 Å². The summed E-state index contributed by atoms with van der Waals surface area (Å²) in [5, 5.41) is 3.27. The molecule has 4 aliphatic rings. The van der Waals surface area contributed by atoms with Crippen molar-refractivity contribution in [1.82, 2.24) is 15.4 Å². The number of nitrogens with one attached hydrogen (secondary N) is 1. The minimum atomic E-state index is -1.12. The van der Waals surface area contributed by atoms with E-state index in [1.165, 1.54) is 11.3 Å². The average Bonchev–Trinajstić information content (AvgIpc) is 3.51. The van der Waals surface area contributed by atoms with Crippen LogP contribution >= 0.6 is 22.9 Å². The number of amides is 3. The standard InChI is InChI=1S/C33H38ClN3O10S/c1-18-25(46-32(41)44-16-20-6-3-7-20)13-24(22-10-21(11-22)17-45-33(42)47-37-27(38)8-9-28(37)39)29(36-18)30-23(12-26(34)48-30)14-35-31(40)43-15-19-4-2-5-19/h12-13,19-22H,2-11,14-17H2,1H3,(H,35,40). The molecular weight excluding hydrogens is 666 g/mol. The van der Waals surface area contributed by atoms with Crippen molar-refractivity contribution in [3.05, 3.63) is 33.3 Å². The van der Waals surface area contributed by atoms with Gasteiger partial charge >= 0.3 is 18.4 Å². The molecular formula is C33H38ClN3O10S. The highest BCUT2D eigenvalue weighted by Crippen LogP contribution is 2.48. The molecule has 0 radical (unpaired) electrons. The highest BCUT2D eigenvalue weighted by atomic mass is 35.5. The summed E-state index contributed by atoms with van der Waals surface area (Å²) in [5.41, 5.74) is 2.70. The van der Waals surface area contributed by atoms with Crippen LogP contribution in [0.4, 0.5) is 14.4 Å². The van der Waals surface area contributed by atoms with E-state index in [9.17, 15) is 24.0 Å².